The van der Waals surface area contributed by atoms with Gasteiger partial charge in [-0.2, -0.15) is 0 Å². The summed E-state index contributed by atoms with van der Waals surface area (Å²) in [6.45, 7) is 3.46. The molecule has 0 saturated heterocycles. The minimum atomic E-state index is -3.59. The van der Waals surface area contributed by atoms with Crippen molar-refractivity contribution in [1.29, 1.82) is 0 Å². The van der Waals surface area contributed by atoms with Crippen molar-refractivity contribution in [3.63, 3.8) is 0 Å². The highest BCUT2D eigenvalue weighted by atomic mass is 35.5. The summed E-state index contributed by atoms with van der Waals surface area (Å²) in [5, 5.41) is 3.43. The van der Waals surface area contributed by atoms with Crippen LogP contribution in [0.4, 0.5) is 5.69 Å². The molecule has 0 aromatic heterocycles. The quantitative estimate of drug-likeness (QED) is 0.816. The van der Waals surface area contributed by atoms with Gasteiger partial charge in [0.2, 0.25) is 10.0 Å². The highest BCUT2D eigenvalue weighted by molar-refractivity contribution is 7.89. The molecule has 0 saturated carbocycles. The molecule has 2 aromatic rings. The molecule has 0 aliphatic heterocycles. The van der Waals surface area contributed by atoms with Crippen molar-refractivity contribution in [3.05, 3.63) is 58.1 Å². The molecule has 0 radical (unpaired) electrons. The summed E-state index contributed by atoms with van der Waals surface area (Å²) in [6, 6.07) is 10.1. The van der Waals surface area contributed by atoms with Crippen LogP contribution in [0.3, 0.4) is 0 Å². The molecule has 2 N–H and O–H groups in total. The van der Waals surface area contributed by atoms with E-state index in [2.05, 4.69) is 10.0 Å². The summed E-state index contributed by atoms with van der Waals surface area (Å²) >= 11 is 11.9. The van der Waals surface area contributed by atoms with E-state index in [0.29, 0.717) is 21.3 Å². The molecule has 0 bridgehead atoms. The molecule has 0 atom stereocenters. The van der Waals surface area contributed by atoms with Crippen LogP contribution in [-0.4, -0.2) is 20.4 Å². The molecule has 2 rings (SSSR count). The second-order valence-electron chi connectivity index (χ2n) is 5.38. The highest BCUT2D eigenvalue weighted by Crippen LogP contribution is 2.26. The van der Waals surface area contributed by atoms with Gasteiger partial charge in [-0.3, -0.25) is 4.79 Å². The molecule has 2 aromatic carbocycles. The lowest BCUT2D eigenvalue weighted by Gasteiger charge is -2.11. The topological polar surface area (TPSA) is 75.3 Å². The van der Waals surface area contributed by atoms with Crippen molar-refractivity contribution in [2.75, 3.05) is 5.32 Å². The normalized spacial score (nSPS) is 11.5. The maximum Gasteiger partial charge on any atom is 0.255 e. The molecular weight excluding hydrogens is 371 g/mol. The second-order valence-corrected chi connectivity index (χ2v) is 7.94. The molecule has 8 heteroatoms. The lowest BCUT2D eigenvalue weighted by Crippen LogP contribution is -2.30. The van der Waals surface area contributed by atoms with Crippen LogP contribution in [0.2, 0.25) is 10.0 Å². The van der Waals surface area contributed by atoms with Crippen LogP contribution in [-0.2, 0) is 10.0 Å². The maximum absolute atomic E-state index is 12.2. The number of nitrogens with one attached hydrogen (secondary N) is 2. The molecule has 0 spiro atoms. The largest absolute Gasteiger partial charge is 0.321 e. The lowest BCUT2D eigenvalue weighted by atomic mass is 10.2. The fourth-order valence-corrected chi connectivity index (χ4v) is 3.54. The number of sulfonamides is 1. The van der Waals surface area contributed by atoms with E-state index in [0.717, 1.165) is 0 Å². The van der Waals surface area contributed by atoms with Crippen molar-refractivity contribution in [1.82, 2.24) is 4.72 Å². The van der Waals surface area contributed by atoms with Crippen LogP contribution in [0.25, 0.3) is 0 Å². The van der Waals surface area contributed by atoms with E-state index in [1.807, 2.05) is 0 Å². The molecular formula is C16H16Cl2N2O3S. The van der Waals surface area contributed by atoms with Gasteiger partial charge in [0.15, 0.2) is 0 Å². The zero-order chi connectivity index (χ0) is 17.9. The molecule has 128 valence electrons. The smallest absolute Gasteiger partial charge is 0.255 e. The Balaban J connectivity index is 2.18. The fraction of sp³-hybridized carbons (Fsp3) is 0.188. The molecule has 5 nitrogen and oxygen atoms in total. The molecule has 0 aliphatic carbocycles. The zero-order valence-electron chi connectivity index (χ0n) is 13.0. The molecule has 0 fully saturated rings. The van der Waals surface area contributed by atoms with Gasteiger partial charge in [0, 0.05) is 16.6 Å². The number of amides is 1. The number of benzene rings is 2. The Morgan fingerprint density at radius 3 is 2.25 bits per heavy atom. The van der Waals surface area contributed by atoms with E-state index in [4.69, 9.17) is 23.2 Å². The summed E-state index contributed by atoms with van der Waals surface area (Å²) in [7, 11) is -3.59. The number of anilines is 1. The Morgan fingerprint density at radius 1 is 1.04 bits per heavy atom. The van der Waals surface area contributed by atoms with Crippen molar-refractivity contribution in [3.8, 4) is 0 Å². The van der Waals surface area contributed by atoms with Gasteiger partial charge < -0.3 is 5.32 Å². The summed E-state index contributed by atoms with van der Waals surface area (Å²) in [6.07, 6.45) is 0. The number of halogens is 2. The first-order valence-electron chi connectivity index (χ1n) is 7.08. The lowest BCUT2D eigenvalue weighted by molar-refractivity contribution is 0.102. The average molecular weight is 387 g/mol. The summed E-state index contributed by atoms with van der Waals surface area (Å²) in [5.74, 6) is -0.417. The second kappa shape index (κ2) is 7.53. The number of carbonyl (C=O) groups excluding carboxylic acids is 1. The maximum atomic E-state index is 12.2. The summed E-state index contributed by atoms with van der Waals surface area (Å²) < 4.78 is 26.6. The van der Waals surface area contributed by atoms with Crippen molar-refractivity contribution < 1.29 is 13.2 Å². The molecule has 0 unspecified atom stereocenters. The molecule has 1 amide bonds. The number of rotatable bonds is 5. The Kier molecular flexibility index (Phi) is 5.87. The van der Waals surface area contributed by atoms with E-state index in [9.17, 15) is 13.2 Å². The van der Waals surface area contributed by atoms with Crippen LogP contribution in [0, 0.1) is 0 Å². The van der Waals surface area contributed by atoms with Gasteiger partial charge in [-0.1, -0.05) is 23.2 Å². The van der Waals surface area contributed by atoms with Gasteiger partial charge in [0.05, 0.1) is 15.6 Å². The van der Waals surface area contributed by atoms with Crippen molar-refractivity contribution in [2.45, 2.75) is 24.8 Å². The zero-order valence-corrected chi connectivity index (χ0v) is 15.3. The third-order valence-electron chi connectivity index (χ3n) is 2.99. The first-order valence-corrected chi connectivity index (χ1v) is 9.32. The van der Waals surface area contributed by atoms with E-state index < -0.39 is 15.9 Å². The van der Waals surface area contributed by atoms with Crippen LogP contribution in [0.15, 0.2) is 47.4 Å². The highest BCUT2D eigenvalue weighted by Gasteiger charge is 2.16. The van der Waals surface area contributed by atoms with Crippen LogP contribution in [0.5, 0.6) is 0 Å². The minimum Gasteiger partial charge on any atom is -0.321 e. The van der Waals surface area contributed by atoms with Crippen molar-refractivity contribution >= 4 is 44.8 Å². The van der Waals surface area contributed by atoms with E-state index in [1.165, 1.54) is 30.3 Å². The summed E-state index contributed by atoms with van der Waals surface area (Å²) in [5.41, 5.74) is 0.682. The first-order chi connectivity index (χ1) is 11.2. The molecule has 0 heterocycles. The Morgan fingerprint density at radius 2 is 1.67 bits per heavy atom. The van der Waals surface area contributed by atoms with Gasteiger partial charge in [0.25, 0.3) is 5.91 Å². The Hall–Kier alpha value is -1.60. The van der Waals surface area contributed by atoms with Gasteiger partial charge in [0.1, 0.15) is 0 Å². The average Bonchev–Trinajstić information content (AvgIpc) is 2.50. The SMILES string of the molecule is CC(C)NS(=O)(=O)c1ccc(C(=O)Nc2cc(Cl)ccc2Cl)cc1. The Bertz CT molecular complexity index is 850. The predicted molar refractivity (Wildman–Crippen MR) is 96.3 cm³/mol. The minimum absolute atomic E-state index is 0.0912. The van der Waals surface area contributed by atoms with E-state index in [-0.39, 0.29) is 10.9 Å². The van der Waals surface area contributed by atoms with Gasteiger partial charge in [-0.15, -0.1) is 0 Å². The third kappa shape index (κ3) is 4.70. The third-order valence-corrected chi connectivity index (χ3v) is 5.23. The monoisotopic (exact) mass is 386 g/mol. The van der Waals surface area contributed by atoms with E-state index in [1.54, 1.807) is 26.0 Å². The predicted octanol–water partition coefficient (Wildman–Crippen LogP) is 3.93. The number of hydrogen-bond acceptors (Lipinski definition) is 3. The number of carbonyl (C=O) groups is 1. The van der Waals surface area contributed by atoms with Crippen LogP contribution < -0.4 is 10.0 Å². The fourth-order valence-electron chi connectivity index (χ4n) is 1.95. The Labute approximate surface area is 151 Å². The van der Waals surface area contributed by atoms with Crippen LogP contribution in [0.1, 0.15) is 24.2 Å². The van der Waals surface area contributed by atoms with Gasteiger partial charge >= 0.3 is 0 Å². The molecule has 0 aliphatic rings. The van der Waals surface area contributed by atoms with E-state index >= 15 is 0 Å². The number of hydrogen-bond donors (Lipinski definition) is 2. The first kappa shape index (κ1) is 18.7. The van der Waals surface area contributed by atoms with Gasteiger partial charge in [-0.05, 0) is 56.3 Å². The van der Waals surface area contributed by atoms with Crippen molar-refractivity contribution in [2.24, 2.45) is 0 Å². The van der Waals surface area contributed by atoms with Gasteiger partial charge in [-0.25, -0.2) is 13.1 Å². The standard InChI is InChI=1S/C16H16Cl2N2O3S/c1-10(2)20-24(22,23)13-6-3-11(4-7-13)16(21)19-15-9-12(17)5-8-14(15)18/h3-10,20H,1-2H3,(H,19,21). The van der Waals surface area contributed by atoms with Crippen LogP contribution >= 0.6 is 23.2 Å². The molecule has 24 heavy (non-hydrogen) atoms. The summed E-state index contributed by atoms with van der Waals surface area (Å²) in [4.78, 5) is 12.3.